The van der Waals surface area contributed by atoms with E-state index in [4.69, 9.17) is 4.74 Å². The van der Waals surface area contributed by atoms with Gasteiger partial charge in [-0.15, -0.1) is 0 Å². The zero-order chi connectivity index (χ0) is 26.9. The molecule has 6 rings (SSSR count). The number of nitrogens with one attached hydrogen (secondary N) is 1. The van der Waals surface area contributed by atoms with Crippen molar-refractivity contribution in [3.8, 4) is 5.75 Å². The standard InChI is InChI=1S/C34H51NO3/c1-31(2)27-15-18-32(3)24-14-20-34(30(37)35-21-22-9-6-7-11-26(22)38-5)17-8-10-25(34)23(24)12-13-28(32)33(27,4)19-16-29(31)36/h6-7,9,11,23-25,27-29,36H,8,10,12-21H2,1-5H3,(H,35,37). The topological polar surface area (TPSA) is 58.6 Å². The summed E-state index contributed by atoms with van der Waals surface area (Å²) in [7, 11) is 1.70. The normalized spacial score (nSPS) is 45.2. The molecule has 0 heterocycles. The number of aliphatic hydroxyl groups is 1. The molecule has 0 saturated heterocycles. The van der Waals surface area contributed by atoms with Gasteiger partial charge in [0.2, 0.25) is 5.91 Å². The van der Waals surface area contributed by atoms with Crippen LogP contribution in [0.2, 0.25) is 0 Å². The van der Waals surface area contributed by atoms with Crippen molar-refractivity contribution in [1.29, 1.82) is 0 Å². The molecule has 38 heavy (non-hydrogen) atoms. The van der Waals surface area contributed by atoms with Gasteiger partial charge in [-0.2, -0.15) is 0 Å². The van der Waals surface area contributed by atoms with Crippen LogP contribution < -0.4 is 10.1 Å². The van der Waals surface area contributed by atoms with Crippen LogP contribution in [0, 0.1) is 51.2 Å². The van der Waals surface area contributed by atoms with E-state index in [-0.39, 0.29) is 16.9 Å². The number of ether oxygens (including phenoxy) is 1. The highest BCUT2D eigenvalue weighted by atomic mass is 16.5. The van der Waals surface area contributed by atoms with Crippen LogP contribution in [0.15, 0.2) is 24.3 Å². The monoisotopic (exact) mass is 521 g/mol. The van der Waals surface area contributed by atoms with E-state index in [1.165, 1.54) is 51.4 Å². The fraction of sp³-hybridized carbons (Fsp3) is 0.794. The van der Waals surface area contributed by atoms with E-state index in [0.29, 0.717) is 41.0 Å². The molecule has 5 fully saturated rings. The highest BCUT2D eigenvalue weighted by Gasteiger charge is 2.67. The second-order valence-electron chi connectivity index (χ2n) is 15.1. The first kappa shape index (κ1) is 26.7. The van der Waals surface area contributed by atoms with Crippen molar-refractivity contribution in [2.75, 3.05) is 7.11 Å². The zero-order valence-corrected chi connectivity index (χ0v) is 24.5. The lowest BCUT2D eigenvalue weighted by molar-refractivity contribution is -0.214. The van der Waals surface area contributed by atoms with Crippen molar-refractivity contribution >= 4 is 5.91 Å². The Morgan fingerprint density at radius 2 is 1.66 bits per heavy atom. The van der Waals surface area contributed by atoms with Crippen LogP contribution in [-0.2, 0) is 11.3 Å². The fourth-order valence-corrected chi connectivity index (χ4v) is 11.8. The third-order valence-electron chi connectivity index (χ3n) is 13.6. The summed E-state index contributed by atoms with van der Waals surface area (Å²) in [5, 5.41) is 14.3. The van der Waals surface area contributed by atoms with Crippen LogP contribution in [0.25, 0.3) is 0 Å². The number of carbonyl (C=O) groups excluding carboxylic acids is 1. The third-order valence-corrected chi connectivity index (χ3v) is 13.6. The van der Waals surface area contributed by atoms with Crippen molar-refractivity contribution in [1.82, 2.24) is 5.32 Å². The number of methoxy groups -OCH3 is 1. The molecular formula is C34H51NO3. The molecule has 1 aromatic rings. The Kier molecular flexibility index (Phi) is 6.49. The average molecular weight is 522 g/mol. The summed E-state index contributed by atoms with van der Waals surface area (Å²) in [4.78, 5) is 14.0. The molecule has 5 aliphatic rings. The van der Waals surface area contributed by atoms with Crippen LogP contribution in [0.1, 0.15) is 104 Å². The van der Waals surface area contributed by atoms with Crippen molar-refractivity contribution in [3.05, 3.63) is 29.8 Å². The van der Waals surface area contributed by atoms with Crippen LogP contribution >= 0.6 is 0 Å². The molecule has 9 unspecified atom stereocenters. The summed E-state index contributed by atoms with van der Waals surface area (Å²) in [6, 6.07) is 8.04. The number of aliphatic hydroxyl groups excluding tert-OH is 1. The number of benzene rings is 1. The van der Waals surface area contributed by atoms with Crippen molar-refractivity contribution in [3.63, 3.8) is 0 Å². The lowest BCUT2D eigenvalue weighted by Crippen LogP contribution is -2.63. The van der Waals surface area contributed by atoms with E-state index in [1.807, 2.05) is 18.2 Å². The minimum Gasteiger partial charge on any atom is -0.496 e. The number of fused-ring (bicyclic) bond motifs is 7. The van der Waals surface area contributed by atoms with Gasteiger partial charge in [0.15, 0.2) is 0 Å². The molecule has 210 valence electrons. The van der Waals surface area contributed by atoms with E-state index in [2.05, 4.69) is 39.1 Å². The number of hydrogen-bond donors (Lipinski definition) is 2. The molecule has 4 heteroatoms. The molecule has 5 aliphatic carbocycles. The fourth-order valence-electron chi connectivity index (χ4n) is 11.8. The van der Waals surface area contributed by atoms with Crippen LogP contribution in [0.5, 0.6) is 5.75 Å². The molecule has 0 radical (unpaired) electrons. The maximum absolute atomic E-state index is 14.0. The van der Waals surface area contributed by atoms with E-state index in [1.54, 1.807) is 7.11 Å². The van der Waals surface area contributed by atoms with E-state index >= 15 is 0 Å². The molecule has 0 aliphatic heterocycles. The largest absolute Gasteiger partial charge is 0.496 e. The molecule has 0 bridgehead atoms. The Bertz CT molecular complexity index is 1070. The van der Waals surface area contributed by atoms with Gasteiger partial charge in [0.25, 0.3) is 0 Å². The summed E-state index contributed by atoms with van der Waals surface area (Å²) < 4.78 is 5.54. The minimum absolute atomic E-state index is 0.0118. The van der Waals surface area contributed by atoms with Gasteiger partial charge in [-0.05, 0) is 116 Å². The van der Waals surface area contributed by atoms with Crippen LogP contribution in [0.4, 0.5) is 0 Å². The Morgan fingerprint density at radius 3 is 2.45 bits per heavy atom. The summed E-state index contributed by atoms with van der Waals surface area (Å²) in [6.45, 7) is 10.5. The molecule has 1 amide bonds. The average Bonchev–Trinajstić information content (AvgIpc) is 3.35. The summed E-state index contributed by atoms with van der Waals surface area (Å²) in [5.41, 5.74) is 1.59. The number of para-hydroxylation sites is 1. The van der Waals surface area contributed by atoms with Crippen molar-refractivity contribution in [2.45, 2.75) is 111 Å². The maximum Gasteiger partial charge on any atom is 0.226 e. The Balaban J connectivity index is 1.23. The first-order valence-electron chi connectivity index (χ1n) is 15.7. The van der Waals surface area contributed by atoms with Gasteiger partial charge < -0.3 is 15.2 Å². The molecule has 1 aromatic carbocycles. The minimum atomic E-state index is -0.176. The lowest BCUT2D eigenvalue weighted by Gasteiger charge is -2.69. The smallest absolute Gasteiger partial charge is 0.226 e. The highest BCUT2D eigenvalue weighted by Crippen LogP contribution is 2.73. The van der Waals surface area contributed by atoms with E-state index < -0.39 is 0 Å². The summed E-state index contributed by atoms with van der Waals surface area (Å²) in [6.07, 6.45) is 12.9. The molecule has 4 nitrogen and oxygen atoms in total. The van der Waals surface area contributed by atoms with E-state index in [0.717, 1.165) is 42.4 Å². The van der Waals surface area contributed by atoms with Gasteiger partial charge >= 0.3 is 0 Å². The SMILES string of the molecule is COc1ccccc1CNC(=O)C12CCCC1C1CCC3C(C)(CCC4C(C)(C)C(O)CCC43C)C1CC2. The van der Waals surface area contributed by atoms with Crippen molar-refractivity contribution < 1.29 is 14.6 Å². The summed E-state index contributed by atoms with van der Waals surface area (Å²) >= 11 is 0. The number of amides is 1. The molecular weight excluding hydrogens is 470 g/mol. The molecule has 5 saturated carbocycles. The predicted octanol–water partition coefficient (Wildman–Crippen LogP) is 7.14. The van der Waals surface area contributed by atoms with E-state index in [9.17, 15) is 9.90 Å². The molecule has 0 spiro atoms. The number of carbonyl (C=O) groups is 1. The highest BCUT2D eigenvalue weighted by molar-refractivity contribution is 5.83. The van der Waals surface area contributed by atoms with Gasteiger partial charge in [-0.1, -0.05) is 52.3 Å². The Labute approximate surface area is 230 Å². The molecule has 9 atom stereocenters. The Hall–Kier alpha value is -1.55. The first-order valence-corrected chi connectivity index (χ1v) is 15.7. The molecule has 2 N–H and O–H groups in total. The van der Waals surface area contributed by atoms with Gasteiger partial charge in [-0.3, -0.25) is 4.79 Å². The second kappa shape index (κ2) is 9.25. The first-order chi connectivity index (χ1) is 18.1. The maximum atomic E-state index is 14.0. The third kappa shape index (κ3) is 3.67. The zero-order valence-electron chi connectivity index (χ0n) is 24.5. The van der Waals surface area contributed by atoms with Crippen LogP contribution in [0.3, 0.4) is 0 Å². The predicted molar refractivity (Wildman–Crippen MR) is 152 cm³/mol. The van der Waals surface area contributed by atoms with Gasteiger partial charge in [-0.25, -0.2) is 0 Å². The van der Waals surface area contributed by atoms with Crippen LogP contribution in [-0.4, -0.2) is 24.2 Å². The number of rotatable bonds is 4. The quantitative estimate of drug-likeness (QED) is 0.443. The van der Waals surface area contributed by atoms with Gasteiger partial charge in [0.05, 0.1) is 18.6 Å². The molecule has 0 aromatic heterocycles. The second-order valence-corrected chi connectivity index (χ2v) is 15.1. The summed E-state index contributed by atoms with van der Waals surface area (Å²) in [5.74, 6) is 4.48. The van der Waals surface area contributed by atoms with Gasteiger partial charge in [0, 0.05) is 12.1 Å². The van der Waals surface area contributed by atoms with Gasteiger partial charge in [0.1, 0.15) is 5.75 Å². The van der Waals surface area contributed by atoms with Crippen molar-refractivity contribution in [2.24, 2.45) is 51.2 Å². The Morgan fingerprint density at radius 1 is 0.895 bits per heavy atom. The number of hydrogen-bond acceptors (Lipinski definition) is 3. The lowest BCUT2D eigenvalue weighted by atomic mass is 9.36.